The molecule has 0 spiro atoms. The monoisotopic (exact) mass is 257 g/mol. The van der Waals surface area contributed by atoms with Crippen LogP contribution in [0.4, 0.5) is 5.00 Å². The maximum atomic E-state index is 12.0. The number of thiophene rings is 1. The number of rotatable bonds is 2. The van der Waals surface area contributed by atoms with Crippen molar-refractivity contribution < 1.29 is 4.79 Å². The number of amides is 1. The summed E-state index contributed by atoms with van der Waals surface area (Å²) in [5.74, 6) is 0.00991. The summed E-state index contributed by atoms with van der Waals surface area (Å²) in [6.07, 6.45) is 3.78. The van der Waals surface area contributed by atoms with Crippen molar-refractivity contribution in [3.63, 3.8) is 0 Å². The van der Waals surface area contributed by atoms with Crippen LogP contribution in [0, 0.1) is 6.92 Å². The molecule has 0 N–H and O–H groups in total. The summed E-state index contributed by atoms with van der Waals surface area (Å²) in [6, 6.07) is 5.74. The largest absolute Gasteiger partial charge is 0.272 e. The second-order valence-corrected chi connectivity index (χ2v) is 5.02. The van der Waals surface area contributed by atoms with Crippen molar-refractivity contribution in [3.8, 4) is 0 Å². The molecule has 2 aromatic rings. The Kier molecular flexibility index (Phi) is 2.68. The second-order valence-electron chi connectivity index (χ2n) is 4.13. The van der Waals surface area contributed by atoms with Crippen LogP contribution in [0.2, 0.25) is 0 Å². The predicted octanol–water partition coefficient (Wildman–Crippen LogP) is 2.59. The molecule has 0 aliphatic carbocycles. The van der Waals surface area contributed by atoms with Gasteiger partial charge in [-0.15, -0.1) is 11.3 Å². The first-order valence-corrected chi connectivity index (χ1v) is 6.48. The van der Waals surface area contributed by atoms with E-state index in [4.69, 9.17) is 0 Å². The van der Waals surface area contributed by atoms with Gasteiger partial charge in [0.25, 0.3) is 5.91 Å². The van der Waals surface area contributed by atoms with Crippen LogP contribution < -0.4 is 5.01 Å². The highest BCUT2D eigenvalue weighted by Gasteiger charge is 2.26. The molecule has 0 bridgehead atoms. The van der Waals surface area contributed by atoms with Gasteiger partial charge in [-0.1, -0.05) is 0 Å². The second kappa shape index (κ2) is 4.34. The summed E-state index contributed by atoms with van der Waals surface area (Å²) in [5.41, 5.74) is 2.83. The fraction of sp³-hybridized carbons (Fsp3) is 0.154. The molecule has 18 heavy (non-hydrogen) atoms. The number of nitrogens with zero attached hydrogens (tertiary/aromatic N) is 3. The molecule has 1 aliphatic heterocycles. The molecule has 4 nitrogen and oxygen atoms in total. The molecule has 0 atom stereocenters. The van der Waals surface area contributed by atoms with Gasteiger partial charge in [0.1, 0.15) is 5.00 Å². The van der Waals surface area contributed by atoms with E-state index >= 15 is 0 Å². The Morgan fingerprint density at radius 1 is 1.44 bits per heavy atom. The Morgan fingerprint density at radius 2 is 2.33 bits per heavy atom. The van der Waals surface area contributed by atoms with Crippen LogP contribution in [-0.4, -0.2) is 16.6 Å². The van der Waals surface area contributed by atoms with Crippen molar-refractivity contribution in [1.29, 1.82) is 0 Å². The molecular formula is C13H11N3OS. The third-order valence-corrected chi connectivity index (χ3v) is 3.72. The summed E-state index contributed by atoms with van der Waals surface area (Å²) in [5, 5.41) is 8.77. The molecular weight excluding hydrogens is 246 g/mol. The van der Waals surface area contributed by atoms with Gasteiger partial charge < -0.3 is 0 Å². The number of hydrogen-bond acceptors (Lipinski definition) is 4. The molecule has 0 saturated heterocycles. The SMILES string of the molecule is Cc1csc(N2N=C(c3cccnc3)CC2=O)c1. The van der Waals surface area contributed by atoms with Crippen molar-refractivity contribution in [2.24, 2.45) is 5.10 Å². The number of aromatic nitrogens is 1. The van der Waals surface area contributed by atoms with Crippen LogP contribution in [0.5, 0.6) is 0 Å². The summed E-state index contributed by atoms with van der Waals surface area (Å²) in [4.78, 5) is 16.0. The Hall–Kier alpha value is -2.01. The summed E-state index contributed by atoms with van der Waals surface area (Å²) in [6.45, 7) is 2.01. The van der Waals surface area contributed by atoms with Gasteiger partial charge in [-0.3, -0.25) is 9.78 Å². The minimum atomic E-state index is 0.00991. The molecule has 0 saturated carbocycles. The van der Waals surface area contributed by atoms with Gasteiger partial charge >= 0.3 is 0 Å². The number of hydrogen-bond donors (Lipinski definition) is 0. The van der Waals surface area contributed by atoms with Crippen molar-refractivity contribution in [1.82, 2.24) is 4.98 Å². The molecule has 0 radical (unpaired) electrons. The Labute approximate surface area is 109 Å². The van der Waals surface area contributed by atoms with E-state index in [1.807, 2.05) is 30.5 Å². The lowest BCUT2D eigenvalue weighted by atomic mass is 10.1. The lowest BCUT2D eigenvalue weighted by Crippen LogP contribution is -2.18. The van der Waals surface area contributed by atoms with Crippen LogP contribution in [0.3, 0.4) is 0 Å². The molecule has 0 aromatic carbocycles. The maximum absolute atomic E-state index is 12.0. The van der Waals surface area contributed by atoms with Crippen LogP contribution in [0.25, 0.3) is 0 Å². The lowest BCUT2D eigenvalue weighted by Gasteiger charge is -2.07. The van der Waals surface area contributed by atoms with Gasteiger partial charge in [0.15, 0.2) is 0 Å². The predicted molar refractivity (Wildman–Crippen MR) is 71.9 cm³/mol. The standard InChI is InChI=1S/C13H11N3OS/c1-9-5-13(18-8-9)16-12(17)6-11(15-16)10-3-2-4-14-7-10/h2-5,7-8H,6H2,1H3. The fourth-order valence-corrected chi connectivity index (χ4v) is 2.69. The Balaban J connectivity index is 1.94. The van der Waals surface area contributed by atoms with E-state index in [1.165, 1.54) is 16.3 Å². The quantitative estimate of drug-likeness (QED) is 0.830. The van der Waals surface area contributed by atoms with E-state index in [1.54, 1.807) is 12.4 Å². The van der Waals surface area contributed by atoms with Crippen molar-refractivity contribution in [2.75, 3.05) is 5.01 Å². The number of carbonyl (C=O) groups is 1. The maximum Gasteiger partial charge on any atom is 0.254 e. The van der Waals surface area contributed by atoms with E-state index in [0.717, 1.165) is 21.8 Å². The Bertz CT molecular complexity index is 618. The third kappa shape index (κ3) is 1.93. The van der Waals surface area contributed by atoms with E-state index in [9.17, 15) is 4.79 Å². The van der Waals surface area contributed by atoms with Crippen molar-refractivity contribution >= 4 is 28.0 Å². The van der Waals surface area contributed by atoms with Crippen LogP contribution in [-0.2, 0) is 4.79 Å². The number of hydrazone groups is 1. The van der Waals surface area contributed by atoms with E-state index in [2.05, 4.69) is 10.1 Å². The molecule has 0 unspecified atom stereocenters. The highest BCUT2D eigenvalue weighted by atomic mass is 32.1. The zero-order valence-corrected chi connectivity index (χ0v) is 10.6. The number of anilines is 1. The first-order valence-electron chi connectivity index (χ1n) is 5.60. The fourth-order valence-electron chi connectivity index (χ4n) is 1.82. The zero-order chi connectivity index (χ0) is 12.5. The van der Waals surface area contributed by atoms with Crippen molar-refractivity contribution in [3.05, 3.63) is 47.1 Å². The zero-order valence-electron chi connectivity index (χ0n) is 9.83. The van der Waals surface area contributed by atoms with Crippen LogP contribution >= 0.6 is 11.3 Å². The van der Waals surface area contributed by atoms with Crippen LogP contribution in [0.1, 0.15) is 17.5 Å². The molecule has 3 rings (SSSR count). The normalized spacial score (nSPS) is 15.1. The van der Waals surface area contributed by atoms with Crippen LogP contribution in [0.15, 0.2) is 41.1 Å². The van der Waals surface area contributed by atoms with Crippen molar-refractivity contribution in [2.45, 2.75) is 13.3 Å². The summed E-state index contributed by atoms with van der Waals surface area (Å²) in [7, 11) is 0. The van der Waals surface area contributed by atoms with Gasteiger partial charge in [-0.05, 0) is 36.1 Å². The highest BCUT2D eigenvalue weighted by Crippen LogP contribution is 2.28. The van der Waals surface area contributed by atoms with Gasteiger partial charge in [-0.25, -0.2) is 0 Å². The molecule has 3 heterocycles. The minimum Gasteiger partial charge on any atom is -0.272 e. The van der Waals surface area contributed by atoms with Gasteiger partial charge in [0, 0.05) is 18.0 Å². The molecule has 0 fully saturated rings. The molecule has 1 aliphatic rings. The first-order chi connectivity index (χ1) is 8.74. The third-order valence-electron chi connectivity index (χ3n) is 2.70. The molecule has 5 heteroatoms. The van der Waals surface area contributed by atoms with E-state index in [-0.39, 0.29) is 5.91 Å². The van der Waals surface area contributed by atoms with Gasteiger partial charge in [-0.2, -0.15) is 10.1 Å². The topological polar surface area (TPSA) is 45.6 Å². The Morgan fingerprint density at radius 3 is 3.00 bits per heavy atom. The van der Waals surface area contributed by atoms with E-state index < -0.39 is 0 Å². The average Bonchev–Trinajstić information content (AvgIpc) is 2.97. The molecule has 1 amide bonds. The smallest absolute Gasteiger partial charge is 0.254 e. The first kappa shape index (κ1) is 11.1. The summed E-state index contributed by atoms with van der Waals surface area (Å²) >= 11 is 1.53. The minimum absolute atomic E-state index is 0.00991. The highest BCUT2D eigenvalue weighted by molar-refractivity contribution is 7.14. The number of carbonyl (C=O) groups excluding carboxylic acids is 1. The van der Waals surface area contributed by atoms with Gasteiger partial charge in [0.2, 0.25) is 0 Å². The average molecular weight is 257 g/mol. The molecule has 90 valence electrons. The van der Waals surface area contributed by atoms with Gasteiger partial charge in [0.05, 0.1) is 12.1 Å². The molecule has 2 aromatic heterocycles. The van der Waals surface area contributed by atoms with E-state index in [0.29, 0.717) is 6.42 Å². The number of pyridine rings is 1. The number of aryl methyl sites for hydroxylation is 1. The summed E-state index contributed by atoms with van der Waals surface area (Å²) < 4.78 is 0. The lowest BCUT2D eigenvalue weighted by molar-refractivity contribution is -0.116.